The highest BCUT2D eigenvalue weighted by atomic mass is 19.1. The number of carbonyl (C=O) groups excluding carboxylic acids is 1. The van der Waals surface area contributed by atoms with Crippen molar-refractivity contribution in [1.29, 1.82) is 5.26 Å². The number of ketones is 1. The van der Waals surface area contributed by atoms with Gasteiger partial charge in [-0.25, -0.2) is 8.78 Å². The Morgan fingerprint density at radius 1 is 1.35 bits per heavy atom. The summed E-state index contributed by atoms with van der Waals surface area (Å²) in [6.07, 6.45) is 1.48. The standard InChI is InChI=1S/C14H11F2N3O/c1-8-13(7-19(2)18-8)14(20)12(6-17)9-3-10(15)5-11(16)4-9/h3-5,7,12H,1-2H3. The zero-order chi connectivity index (χ0) is 14.9. The second-order valence-electron chi connectivity index (χ2n) is 4.43. The Morgan fingerprint density at radius 3 is 2.40 bits per heavy atom. The van der Waals surface area contributed by atoms with Gasteiger partial charge in [-0.2, -0.15) is 10.4 Å². The SMILES string of the molecule is Cc1nn(C)cc1C(=O)C(C#N)c1cc(F)cc(F)c1. The number of benzene rings is 1. The number of nitrogens with zero attached hydrogens (tertiary/aromatic N) is 3. The van der Waals surface area contributed by atoms with E-state index in [1.54, 1.807) is 20.0 Å². The van der Waals surface area contributed by atoms with E-state index in [2.05, 4.69) is 5.10 Å². The lowest BCUT2D eigenvalue weighted by Gasteiger charge is -2.08. The van der Waals surface area contributed by atoms with E-state index in [0.29, 0.717) is 11.8 Å². The lowest BCUT2D eigenvalue weighted by Crippen LogP contribution is -2.12. The van der Waals surface area contributed by atoms with Gasteiger partial charge >= 0.3 is 0 Å². The van der Waals surface area contributed by atoms with Crippen molar-refractivity contribution in [3.8, 4) is 6.07 Å². The summed E-state index contributed by atoms with van der Waals surface area (Å²) >= 11 is 0. The first kappa shape index (κ1) is 13.9. The van der Waals surface area contributed by atoms with Gasteiger partial charge < -0.3 is 0 Å². The summed E-state index contributed by atoms with van der Waals surface area (Å²) in [5.41, 5.74) is 0.733. The fraction of sp³-hybridized carbons (Fsp3) is 0.214. The molecule has 1 unspecified atom stereocenters. The third kappa shape index (κ3) is 2.57. The summed E-state index contributed by atoms with van der Waals surface area (Å²) in [7, 11) is 1.65. The Hall–Kier alpha value is -2.55. The number of hydrogen-bond acceptors (Lipinski definition) is 3. The second kappa shape index (κ2) is 5.21. The summed E-state index contributed by atoms with van der Waals surface area (Å²) in [5.74, 6) is -3.43. The van der Waals surface area contributed by atoms with Crippen LogP contribution in [0.4, 0.5) is 8.78 Å². The van der Waals surface area contributed by atoms with Crippen LogP contribution in [0.5, 0.6) is 0 Å². The highest BCUT2D eigenvalue weighted by molar-refractivity contribution is 6.03. The van der Waals surface area contributed by atoms with Crippen LogP contribution in [0.25, 0.3) is 0 Å². The van der Waals surface area contributed by atoms with E-state index in [1.807, 2.05) is 0 Å². The number of rotatable bonds is 3. The van der Waals surface area contributed by atoms with Crippen molar-refractivity contribution in [1.82, 2.24) is 9.78 Å². The highest BCUT2D eigenvalue weighted by Crippen LogP contribution is 2.23. The van der Waals surface area contributed by atoms with Gasteiger partial charge in [-0.3, -0.25) is 9.48 Å². The summed E-state index contributed by atoms with van der Waals surface area (Å²) in [5, 5.41) is 13.2. The van der Waals surface area contributed by atoms with Gasteiger partial charge in [-0.1, -0.05) is 0 Å². The second-order valence-corrected chi connectivity index (χ2v) is 4.43. The molecule has 0 aliphatic heterocycles. The van der Waals surface area contributed by atoms with Gasteiger partial charge in [0.2, 0.25) is 0 Å². The molecule has 6 heteroatoms. The molecule has 20 heavy (non-hydrogen) atoms. The van der Waals surface area contributed by atoms with Crippen LogP contribution in [0.2, 0.25) is 0 Å². The zero-order valence-corrected chi connectivity index (χ0v) is 10.9. The van der Waals surface area contributed by atoms with Crippen molar-refractivity contribution in [3.63, 3.8) is 0 Å². The first-order chi connectivity index (χ1) is 9.42. The minimum atomic E-state index is -1.26. The van der Waals surface area contributed by atoms with Gasteiger partial charge in [-0.15, -0.1) is 0 Å². The highest BCUT2D eigenvalue weighted by Gasteiger charge is 2.25. The molecule has 0 bridgehead atoms. The molecule has 0 aliphatic rings. The molecule has 1 heterocycles. The molecule has 1 aromatic heterocycles. The van der Waals surface area contributed by atoms with E-state index < -0.39 is 23.3 Å². The molecule has 0 fully saturated rings. The number of halogens is 2. The lowest BCUT2D eigenvalue weighted by atomic mass is 9.92. The largest absolute Gasteiger partial charge is 0.292 e. The van der Waals surface area contributed by atoms with Crippen molar-refractivity contribution in [2.45, 2.75) is 12.8 Å². The van der Waals surface area contributed by atoms with Crippen LogP contribution < -0.4 is 0 Å². The molecule has 0 radical (unpaired) electrons. The average Bonchev–Trinajstić information content (AvgIpc) is 2.68. The van der Waals surface area contributed by atoms with Gasteiger partial charge in [0, 0.05) is 19.3 Å². The molecular formula is C14H11F2N3O. The summed E-state index contributed by atoms with van der Waals surface area (Å²) in [6, 6.07) is 4.45. The van der Waals surface area contributed by atoms with Crippen LogP contribution in [0.1, 0.15) is 27.5 Å². The lowest BCUT2D eigenvalue weighted by molar-refractivity contribution is 0.0978. The Balaban J connectivity index is 2.45. The maximum Gasteiger partial charge on any atom is 0.187 e. The van der Waals surface area contributed by atoms with Crippen molar-refractivity contribution in [2.24, 2.45) is 7.05 Å². The fourth-order valence-electron chi connectivity index (χ4n) is 2.02. The first-order valence-corrected chi connectivity index (χ1v) is 5.82. The number of carbonyl (C=O) groups is 1. The normalized spacial score (nSPS) is 11.9. The third-order valence-corrected chi connectivity index (χ3v) is 2.89. The van der Waals surface area contributed by atoms with Crippen LogP contribution in [-0.2, 0) is 7.05 Å². The van der Waals surface area contributed by atoms with Crippen molar-refractivity contribution in [2.75, 3.05) is 0 Å². The first-order valence-electron chi connectivity index (χ1n) is 5.82. The van der Waals surface area contributed by atoms with Gasteiger partial charge in [0.05, 0.1) is 17.3 Å². The van der Waals surface area contributed by atoms with Crippen LogP contribution in [0, 0.1) is 29.9 Å². The van der Waals surface area contributed by atoms with E-state index >= 15 is 0 Å². The van der Waals surface area contributed by atoms with Crippen LogP contribution >= 0.6 is 0 Å². The minimum Gasteiger partial charge on any atom is -0.292 e. The molecule has 2 rings (SSSR count). The molecule has 4 nitrogen and oxygen atoms in total. The Labute approximate surface area is 114 Å². The molecule has 0 aliphatic carbocycles. The van der Waals surface area contributed by atoms with Gasteiger partial charge in [0.25, 0.3) is 0 Å². The van der Waals surface area contributed by atoms with E-state index in [4.69, 9.17) is 5.26 Å². The van der Waals surface area contributed by atoms with E-state index in [1.165, 1.54) is 10.9 Å². The molecule has 2 aromatic rings. The average molecular weight is 275 g/mol. The molecule has 0 saturated heterocycles. The van der Waals surface area contributed by atoms with Gasteiger partial charge in [0.1, 0.15) is 17.6 Å². The number of aromatic nitrogens is 2. The molecule has 0 amide bonds. The smallest absolute Gasteiger partial charge is 0.187 e. The number of aryl methyl sites for hydroxylation is 2. The fourth-order valence-corrected chi connectivity index (χ4v) is 2.02. The van der Waals surface area contributed by atoms with Crippen LogP contribution in [-0.4, -0.2) is 15.6 Å². The maximum absolute atomic E-state index is 13.2. The number of nitriles is 1. The predicted molar refractivity (Wildman–Crippen MR) is 67.0 cm³/mol. The van der Waals surface area contributed by atoms with Crippen LogP contribution in [0.3, 0.4) is 0 Å². The summed E-state index contributed by atoms with van der Waals surface area (Å²) in [4.78, 5) is 12.3. The van der Waals surface area contributed by atoms with Gasteiger partial charge in [0.15, 0.2) is 5.78 Å². The summed E-state index contributed by atoms with van der Waals surface area (Å²) in [6.45, 7) is 1.63. The molecule has 0 spiro atoms. The molecule has 1 atom stereocenters. The molecule has 0 saturated carbocycles. The number of hydrogen-bond donors (Lipinski definition) is 0. The monoisotopic (exact) mass is 275 g/mol. The Morgan fingerprint density at radius 2 is 1.95 bits per heavy atom. The van der Waals surface area contributed by atoms with Crippen molar-refractivity contribution < 1.29 is 13.6 Å². The van der Waals surface area contributed by atoms with Crippen molar-refractivity contribution >= 4 is 5.78 Å². The molecule has 102 valence electrons. The maximum atomic E-state index is 13.2. The molecule has 1 aromatic carbocycles. The summed E-state index contributed by atoms with van der Waals surface area (Å²) < 4.78 is 27.8. The third-order valence-electron chi connectivity index (χ3n) is 2.89. The van der Waals surface area contributed by atoms with E-state index in [0.717, 1.165) is 12.1 Å². The van der Waals surface area contributed by atoms with E-state index in [9.17, 15) is 13.6 Å². The van der Waals surface area contributed by atoms with Crippen LogP contribution in [0.15, 0.2) is 24.4 Å². The molecule has 0 N–H and O–H groups in total. The minimum absolute atomic E-state index is 0.00162. The Bertz CT molecular complexity index is 695. The predicted octanol–water partition coefficient (Wildman–Crippen LogP) is 2.50. The molecular weight excluding hydrogens is 264 g/mol. The number of Topliss-reactive ketones (excluding diaryl/α,β-unsaturated/α-hetero) is 1. The van der Waals surface area contributed by atoms with E-state index in [-0.39, 0.29) is 11.1 Å². The zero-order valence-electron chi connectivity index (χ0n) is 10.9. The van der Waals surface area contributed by atoms with Gasteiger partial charge in [-0.05, 0) is 24.6 Å². The van der Waals surface area contributed by atoms with Crippen molar-refractivity contribution in [3.05, 3.63) is 52.9 Å². The topological polar surface area (TPSA) is 58.7 Å². The Kier molecular flexibility index (Phi) is 3.61. The quantitative estimate of drug-likeness (QED) is 0.809.